The molecule has 1 fully saturated rings. The maximum absolute atomic E-state index is 13.1. The van der Waals surface area contributed by atoms with Crippen LogP contribution < -0.4 is 16.1 Å². The van der Waals surface area contributed by atoms with Crippen LogP contribution in [0.5, 0.6) is 0 Å². The van der Waals surface area contributed by atoms with E-state index in [1.165, 1.54) is 11.3 Å². The fourth-order valence-electron chi connectivity index (χ4n) is 4.46. The molecule has 11 heteroatoms. The van der Waals surface area contributed by atoms with Crippen LogP contribution in [0.3, 0.4) is 0 Å². The average Bonchev–Trinajstić information content (AvgIpc) is 3.40. The van der Waals surface area contributed by atoms with Crippen LogP contribution in [0.2, 0.25) is 0 Å². The predicted molar refractivity (Wildman–Crippen MR) is 141 cm³/mol. The summed E-state index contributed by atoms with van der Waals surface area (Å²) < 4.78 is 24.9. The van der Waals surface area contributed by atoms with Gasteiger partial charge in [-0.1, -0.05) is 36.8 Å². The molecule has 2 aromatic carbocycles. The summed E-state index contributed by atoms with van der Waals surface area (Å²) in [6.07, 6.45) is 1.15. The van der Waals surface area contributed by atoms with Gasteiger partial charge in [0.15, 0.2) is 9.84 Å². The summed E-state index contributed by atoms with van der Waals surface area (Å²) >= 11 is 1.27. The standard InChI is InChI=1S/C26H27N3O6S2/c30-23(29-33)16-26(13-4-5-14-37(26,34)35)22-12-11-21(36-22)19-9-6-10-20(15-19)28-24(31)17-27-25(32)18-7-2-1-3-8-18/h1-3,6-12,15,33H,4-5,13-14,16-17H2,(H,27,32)(H,28,31)(H,29,30)/t26-/m0/s1. The highest BCUT2D eigenvalue weighted by Gasteiger charge is 2.49. The summed E-state index contributed by atoms with van der Waals surface area (Å²) in [7, 11) is -3.62. The van der Waals surface area contributed by atoms with Crippen LogP contribution in [0.25, 0.3) is 10.4 Å². The molecule has 4 N–H and O–H groups in total. The molecule has 2 heterocycles. The first-order valence-corrected chi connectivity index (χ1v) is 14.2. The molecule has 1 aliphatic heterocycles. The average molecular weight is 542 g/mol. The van der Waals surface area contributed by atoms with Gasteiger partial charge in [-0.05, 0) is 54.8 Å². The van der Waals surface area contributed by atoms with E-state index in [1.54, 1.807) is 66.1 Å². The van der Waals surface area contributed by atoms with Crippen LogP contribution in [0.15, 0.2) is 66.7 Å². The molecule has 3 aromatic rings. The molecule has 0 aliphatic carbocycles. The van der Waals surface area contributed by atoms with Crippen LogP contribution in [0.4, 0.5) is 5.69 Å². The smallest absolute Gasteiger partial charge is 0.251 e. The van der Waals surface area contributed by atoms with E-state index in [0.29, 0.717) is 35.4 Å². The number of hydroxylamine groups is 1. The van der Waals surface area contributed by atoms with Gasteiger partial charge in [0, 0.05) is 21.0 Å². The van der Waals surface area contributed by atoms with Gasteiger partial charge in [0.05, 0.1) is 18.7 Å². The second-order valence-electron chi connectivity index (χ2n) is 8.82. The summed E-state index contributed by atoms with van der Waals surface area (Å²) in [6.45, 7) is -0.200. The minimum atomic E-state index is -3.62. The minimum absolute atomic E-state index is 0.0126. The summed E-state index contributed by atoms with van der Waals surface area (Å²) in [5, 5.41) is 14.4. The maximum Gasteiger partial charge on any atom is 0.251 e. The Balaban J connectivity index is 1.49. The fourth-order valence-corrected chi connectivity index (χ4v) is 8.24. The van der Waals surface area contributed by atoms with Gasteiger partial charge in [0.1, 0.15) is 4.75 Å². The Morgan fingerprint density at radius 3 is 2.46 bits per heavy atom. The number of nitrogens with one attached hydrogen (secondary N) is 3. The molecule has 37 heavy (non-hydrogen) atoms. The number of carbonyl (C=O) groups excluding carboxylic acids is 3. The lowest BCUT2D eigenvalue weighted by Gasteiger charge is -2.35. The summed E-state index contributed by atoms with van der Waals surface area (Å²) in [6, 6.07) is 19.2. The van der Waals surface area contributed by atoms with Crippen molar-refractivity contribution in [3.05, 3.63) is 77.2 Å². The van der Waals surface area contributed by atoms with Gasteiger partial charge in [0.25, 0.3) is 5.91 Å². The fraction of sp³-hybridized carbons (Fsp3) is 0.269. The number of benzene rings is 2. The van der Waals surface area contributed by atoms with Crippen molar-refractivity contribution in [3.63, 3.8) is 0 Å². The zero-order valence-electron chi connectivity index (χ0n) is 19.9. The SMILES string of the molecule is O=C(C[C@]1(c2ccc(-c3cccc(NC(=O)CNC(=O)c4ccccc4)c3)s2)CCCCS1(=O)=O)NO. The number of sulfone groups is 1. The van der Waals surface area contributed by atoms with Crippen LogP contribution in [-0.4, -0.2) is 43.6 Å². The van der Waals surface area contributed by atoms with E-state index in [9.17, 15) is 22.8 Å². The van der Waals surface area contributed by atoms with Crippen molar-refractivity contribution in [2.24, 2.45) is 0 Å². The Hall–Kier alpha value is -3.54. The number of rotatable bonds is 8. The lowest BCUT2D eigenvalue weighted by Crippen LogP contribution is -2.43. The van der Waals surface area contributed by atoms with E-state index in [2.05, 4.69) is 10.6 Å². The molecule has 1 aromatic heterocycles. The van der Waals surface area contributed by atoms with E-state index in [4.69, 9.17) is 5.21 Å². The maximum atomic E-state index is 13.1. The van der Waals surface area contributed by atoms with Crippen molar-refractivity contribution in [2.75, 3.05) is 17.6 Å². The van der Waals surface area contributed by atoms with E-state index in [1.807, 2.05) is 6.07 Å². The topological polar surface area (TPSA) is 142 Å². The molecule has 0 saturated carbocycles. The van der Waals surface area contributed by atoms with Crippen molar-refractivity contribution < 1.29 is 28.0 Å². The van der Waals surface area contributed by atoms with Gasteiger partial charge in [-0.3, -0.25) is 19.6 Å². The monoisotopic (exact) mass is 541 g/mol. The number of anilines is 1. The second-order valence-corrected chi connectivity index (χ2v) is 12.3. The Morgan fingerprint density at radius 2 is 1.73 bits per heavy atom. The number of carbonyl (C=O) groups is 3. The third-order valence-corrected chi connectivity index (χ3v) is 10.4. The van der Waals surface area contributed by atoms with E-state index >= 15 is 0 Å². The number of amides is 3. The molecular weight excluding hydrogens is 514 g/mol. The molecule has 0 bridgehead atoms. The van der Waals surface area contributed by atoms with Crippen molar-refractivity contribution in [3.8, 4) is 10.4 Å². The van der Waals surface area contributed by atoms with E-state index < -0.39 is 26.4 Å². The normalized spacial score (nSPS) is 18.5. The Labute approximate surface area is 218 Å². The van der Waals surface area contributed by atoms with Crippen molar-refractivity contribution in [2.45, 2.75) is 30.4 Å². The predicted octanol–water partition coefficient (Wildman–Crippen LogP) is 3.47. The highest BCUT2D eigenvalue weighted by molar-refractivity contribution is 7.92. The third kappa shape index (κ3) is 5.90. The van der Waals surface area contributed by atoms with Gasteiger partial charge in [-0.25, -0.2) is 13.9 Å². The van der Waals surface area contributed by atoms with E-state index in [0.717, 1.165) is 10.4 Å². The van der Waals surface area contributed by atoms with Gasteiger partial charge >= 0.3 is 0 Å². The van der Waals surface area contributed by atoms with Gasteiger partial charge in [0.2, 0.25) is 11.8 Å². The Morgan fingerprint density at radius 1 is 0.946 bits per heavy atom. The van der Waals surface area contributed by atoms with Crippen LogP contribution in [0.1, 0.15) is 40.9 Å². The molecule has 1 saturated heterocycles. The molecular formula is C26H27N3O6S2. The first kappa shape index (κ1) is 26.5. The van der Waals surface area contributed by atoms with E-state index in [-0.39, 0.29) is 24.6 Å². The van der Waals surface area contributed by atoms with Crippen LogP contribution in [-0.2, 0) is 24.2 Å². The Bertz CT molecular complexity index is 1400. The molecule has 1 aliphatic rings. The Kier molecular flexibility index (Phi) is 8.06. The van der Waals surface area contributed by atoms with Gasteiger partial charge < -0.3 is 10.6 Å². The molecule has 3 amide bonds. The molecule has 0 unspecified atom stereocenters. The molecule has 1 atom stereocenters. The molecule has 9 nitrogen and oxygen atoms in total. The quantitative estimate of drug-likeness (QED) is 0.254. The molecule has 0 radical (unpaired) electrons. The molecule has 194 valence electrons. The van der Waals surface area contributed by atoms with Crippen molar-refractivity contribution in [1.29, 1.82) is 0 Å². The summed E-state index contributed by atoms with van der Waals surface area (Å²) in [5.74, 6) is -1.50. The van der Waals surface area contributed by atoms with Gasteiger partial charge in [-0.15, -0.1) is 11.3 Å². The van der Waals surface area contributed by atoms with Crippen LogP contribution in [0, 0.1) is 0 Å². The zero-order chi connectivity index (χ0) is 26.5. The first-order valence-electron chi connectivity index (χ1n) is 11.7. The highest BCUT2D eigenvalue weighted by atomic mass is 32.2. The van der Waals surface area contributed by atoms with Crippen LogP contribution >= 0.6 is 11.3 Å². The zero-order valence-corrected chi connectivity index (χ0v) is 21.5. The summed E-state index contributed by atoms with van der Waals surface area (Å²) in [4.78, 5) is 37.9. The third-order valence-electron chi connectivity index (χ3n) is 6.34. The van der Waals surface area contributed by atoms with Crippen molar-refractivity contribution >= 4 is 44.6 Å². The molecule has 4 rings (SSSR count). The van der Waals surface area contributed by atoms with Gasteiger partial charge in [-0.2, -0.15) is 0 Å². The second kappa shape index (κ2) is 11.2. The molecule has 0 spiro atoms. The summed E-state index contributed by atoms with van der Waals surface area (Å²) in [5.41, 5.74) is 3.31. The number of hydrogen-bond acceptors (Lipinski definition) is 7. The highest BCUT2D eigenvalue weighted by Crippen LogP contribution is 2.47. The minimum Gasteiger partial charge on any atom is -0.343 e. The van der Waals surface area contributed by atoms with Crippen molar-refractivity contribution in [1.82, 2.24) is 10.8 Å². The lowest BCUT2D eigenvalue weighted by atomic mass is 9.94. The number of hydrogen-bond donors (Lipinski definition) is 4. The first-order chi connectivity index (χ1) is 17.7. The number of thiophene rings is 1. The largest absolute Gasteiger partial charge is 0.343 e. The lowest BCUT2D eigenvalue weighted by molar-refractivity contribution is -0.130.